The minimum Gasteiger partial charge on any atom is -0.490 e. The smallest absolute Gasteiger partial charge is 0.165 e. The third-order valence-corrected chi connectivity index (χ3v) is 2.47. The lowest BCUT2D eigenvalue weighted by molar-refractivity contribution is 0.231. The molecule has 0 fully saturated rings. The molecule has 0 atom stereocenters. The molecule has 0 heterocycles. The van der Waals surface area contributed by atoms with Crippen molar-refractivity contribution in [1.82, 2.24) is 0 Å². The molecule has 0 N–H and O–H groups in total. The van der Waals surface area contributed by atoms with Crippen LogP contribution in [0.1, 0.15) is 40.5 Å². The molecule has 0 saturated heterocycles. The van der Waals surface area contributed by atoms with Crippen LogP contribution in [0.4, 0.5) is 4.39 Å². The highest BCUT2D eigenvalue weighted by Crippen LogP contribution is 2.17. The molecule has 2 heteroatoms. The summed E-state index contributed by atoms with van der Waals surface area (Å²) in [6, 6.07) is 6.53. The molecule has 1 rings (SSSR count). The summed E-state index contributed by atoms with van der Waals surface area (Å²) in [5.74, 6) is 0.604. The molecule has 1 aromatic carbocycles. The predicted octanol–water partition coefficient (Wildman–Crippen LogP) is 4.67. The van der Waals surface area contributed by atoms with Crippen LogP contribution >= 0.6 is 0 Å². The van der Waals surface area contributed by atoms with E-state index in [0.29, 0.717) is 18.3 Å². The first-order valence-corrected chi connectivity index (χ1v) is 6.15. The van der Waals surface area contributed by atoms with Gasteiger partial charge in [-0.05, 0) is 18.1 Å². The van der Waals surface area contributed by atoms with Crippen LogP contribution in [0.15, 0.2) is 24.3 Å². The van der Waals surface area contributed by atoms with Crippen LogP contribution in [0.2, 0.25) is 0 Å². The van der Waals surface area contributed by atoms with Crippen molar-refractivity contribution in [3.8, 4) is 5.75 Å². The Hall–Kier alpha value is -1.05. The Bertz CT molecular complexity index is 269. The standard InChI is InChI=1S/C12H17FO.C2H6/c1-3-10(4-2)9-14-12-8-6-5-7-11(12)13;1-2/h5-8,10H,3-4,9H2,1-2H3;1-2H3. The van der Waals surface area contributed by atoms with Gasteiger partial charge in [0.2, 0.25) is 0 Å². The van der Waals surface area contributed by atoms with Gasteiger partial charge in [0, 0.05) is 0 Å². The summed E-state index contributed by atoms with van der Waals surface area (Å²) in [5, 5.41) is 0. The number of benzene rings is 1. The van der Waals surface area contributed by atoms with Gasteiger partial charge in [-0.15, -0.1) is 0 Å². The Morgan fingerprint density at radius 2 is 1.69 bits per heavy atom. The third-order valence-electron chi connectivity index (χ3n) is 2.47. The van der Waals surface area contributed by atoms with Gasteiger partial charge in [0.1, 0.15) is 0 Å². The van der Waals surface area contributed by atoms with Gasteiger partial charge in [-0.2, -0.15) is 0 Å². The van der Waals surface area contributed by atoms with Crippen LogP contribution in [-0.4, -0.2) is 6.61 Å². The lowest BCUT2D eigenvalue weighted by Gasteiger charge is -2.13. The molecule has 1 aromatic rings. The van der Waals surface area contributed by atoms with Crippen molar-refractivity contribution < 1.29 is 9.13 Å². The highest BCUT2D eigenvalue weighted by molar-refractivity contribution is 5.23. The Labute approximate surface area is 98.6 Å². The van der Waals surface area contributed by atoms with Gasteiger partial charge < -0.3 is 4.74 Å². The fourth-order valence-corrected chi connectivity index (χ4v) is 1.29. The maximum Gasteiger partial charge on any atom is 0.165 e. The van der Waals surface area contributed by atoms with Crippen molar-refractivity contribution in [2.24, 2.45) is 5.92 Å². The molecule has 0 spiro atoms. The minimum atomic E-state index is -0.279. The Balaban J connectivity index is 0.00000106. The first-order chi connectivity index (χ1) is 7.77. The quantitative estimate of drug-likeness (QED) is 0.709. The van der Waals surface area contributed by atoms with Crippen LogP contribution < -0.4 is 4.74 Å². The molecule has 0 bridgehead atoms. The second kappa shape index (κ2) is 9.20. The number of para-hydroxylation sites is 1. The summed E-state index contributed by atoms with van der Waals surface area (Å²) in [5.41, 5.74) is 0. The molecule has 92 valence electrons. The van der Waals surface area contributed by atoms with E-state index >= 15 is 0 Å². The second-order valence-electron chi connectivity index (χ2n) is 3.42. The third kappa shape index (κ3) is 5.15. The number of ether oxygens (including phenoxy) is 1. The minimum absolute atomic E-state index is 0.279. The van der Waals surface area contributed by atoms with Crippen molar-refractivity contribution in [3.05, 3.63) is 30.1 Å². The van der Waals surface area contributed by atoms with Crippen LogP contribution in [0.3, 0.4) is 0 Å². The molecule has 1 nitrogen and oxygen atoms in total. The molecular formula is C14H23FO. The lowest BCUT2D eigenvalue weighted by atomic mass is 10.1. The van der Waals surface area contributed by atoms with Gasteiger partial charge in [-0.3, -0.25) is 0 Å². The zero-order valence-corrected chi connectivity index (χ0v) is 10.8. The Morgan fingerprint density at radius 3 is 2.19 bits per heavy atom. The van der Waals surface area contributed by atoms with Gasteiger partial charge in [-0.1, -0.05) is 52.7 Å². The predicted molar refractivity (Wildman–Crippen MR) is 67.3 cm³/mol. The molecule has 0 saturated carbocycles. The SMILES string of the molecule is CC.CCC(CC)COc1ccccc1F. The van der Waals surface area contributed by atoms with Gasteiger partial charge in [0.05, 0.1) is 6.61 Å². The highest BCUT2D eigenvalue weighted by Gasteiger charge is 2.06. The Kier molecular flexibility index (Phi) is 8.59. The van der Waals surface area contributed by atoms with Crippen LogP contribution in [0.25, 0.3) is 0 Å². The van der Waals surface area contributed by atoms with Crippen LogP contribution in [-0.2, 0) is 0 Å². The van der Waals surface area contributed by atoms with E-state index in [9.17, 15) is 4.39 Å². The number of halogens is 1. The average Bonchev–Trinajstić information content (AvgIpc) is 2.35. The second-order valence-corrected chi connectivity index (χ2v) is 3.42. The van der Waals surface area contributed by atoms with Gasteiger partial charge in [0.15, 0.2) is 11.6 Å². The van der Waals surface area contributed by atoms with Crippen molar-refractivity contribution in [1.29, 1.82) is 0 Å². The fourth-order valence-electron chi connectivity index (χ4n) is 1.29. The molecule has 0 aliphatic carbocycles. The lowest BCUT2D eigenvalue weighted by Crippen LogP contribution is -2.10. The van der Waals surface area contributed by atoms with E-state index in [2.05, 4.69) is 13.8 Å². The van der Waals surface area contributed by atoms with Crippen LogP contribution in [0.5, 0.6) is 5.75 Å². The molecule has 0 radical (unpaired) electrons. The summed E-state index contributed by atoms with van der Waals surface area (Å²) in [4.78, 5) is 0. The zero-order valence-electron chi connectivity index (χ0n) is 10.8. The molecule has 0 aliphatic heterocycles. The van der Waals surface area contributed by atoms with Crippen molar-refractivity contribution >= 4 is 0 Å². The summed E-state index contributed by atoms with van der Waals surface area (Å²) in [6.45, 7) is 8.85. The fraction of sp³-hybridized carbons (Fsp3) is 0.571. The van der Waals surface area contributed by atoms with Gasteiger partial charge >= 0.3 is 0 Å². The molecule has 0 unspecified atom stereocenters. The van der Waals surface area contributed by atoms with Crippen molar-refractivity contribution in [3.63, 3.8) is 0 Å². The van der Waals surface area contributed by atoms with E-state index in [4.69, 9.17) is 4.74 Å². The van der Waals surface area contributed by atoms with Crippen molar-refractivity contribution in [2.45, 2.75) is 40.5 Å². The Morgan fingerprint density at radius 1 is 1.12 bits per heavy atom. The summed E-state index contributed by atoms with van der Waals surface area (Å²) in [7, 11) is 0. The van der Waals surface area contributed by atoms with Gasteiger partial charge in [-0.25, -0.2) is 4.39 Å². The molecular weight excluding hydrogens is 203 g/mol. The first-order valence-electron chi connectivity index (χ1n) is 6.15. The number of hydrogen-bond donors (Lipinski definition) is 0. The zero-order chi connectivity index (χ0) is 12.4. The molecule has 16 heavy (non-hydrogen) atoms. The maximum atomic E-state index is 13.1. The largest absolute Gasteiger partial charge is 0.490 e. The summed E-state index contributed by atoms with van der Waals surface area (Å²) < 4.78 is 18.5. The number of hydrogen-bond acceptors (Lipinski definition) is 1. The summed E-state index contributed by atoms with van der Waals surface area (Å²) in [6.07, 6.45) is 2.15. The van der Waals surface area contributed by atoms with E-state index in [-0.39, 0.29) is 5.82 Å². The normalized spacial score (nSPS) is 9.62. The molecule has 0 aromatic heterocycles. The van der Waals surface area contributed by atoms with E-state index in [1.54, 1.807) is 18.2 Å². The molecule has 0 amide bonds. The average molecular weight is 226 g/mol. The number of rotatable bonds is 5. The van der Waals surface area contributed by atoms with E-state index in [0.717, 1.165) is 12.8 Å². The summed E-state index contributed by atoms with van der Waals surface area (Å²) >= 11 is 0. The topological polar surface area (TPSA) is 9.23 Å². The molecule has 0 aliphatic rings. The first kappa shape index (κ1) is 14.9. The maximum absolute atomic E-state index is 13.1. The monoisotopic (exact) mass is 226 g/mol. The van der Waals surface area contributed by atoms with E-state index in [1.165, 1.54) is 6.07 Å². The van der Waals surface area contributed by atoms with E-state index < -0.39 is 0 Å². The van der Waals surface area contributed by atoms with Gasteiger partial charge in [0.25, 0.3) is 0 Å². The highest BCUT2D eigenvalue weighted by atomic mass is 19.1. The van der Waals surface area contributed by atoms with E-state index in [1.807, 2.05) is 13.8 Å². The van der Waals surface area contributed by atoms with Crippen LogP contribution in [0, 0.1) is 11.7 Å². The van der Waals surface area contributed by atoms with Crippen molar-refractivity contribution in [2.75, 3.05) is 6.61 Å².